The molecular formula is C59H76F2. The number of hydrogen-bond donors (Lipinski definition) is 0. The molecule has 0 aliphatic heterocycles. The van der Waals surface area contributed by atoms with Gasteiger partial charge in [0.1, 0.15) is 11.6 Å². The van der Waals surface area contributed by atoms with Gasteiger partial charge in [-0.15, -0.1) is 0 Å². The van der Waals surface area contributed by atoms with Crippen molar-refractivity contribution in [1.82, 2.24) is 0 Å². The molecule has 6 rings (SSSR count). The van der Waals surface area contributed by atoms with Crippen LogP contribution in [-0.2, 0) is 12.8 Å². The van der Waals surface area contributed by atoms with Crippen molar-refractivity contribution in [3.63, 3.8) is 0 Å². The van der Waals surface area contributed by atoms with E-state index in [0.717, 1.165) is 82.0 Å². The van der Waals surface area contributed by atoms with E-state index in [2.05, 4.69) is 99.9 Å². The zero-order valence-electron chi connectivity index (χ0n) is 38.4. The van der Waals surface area contributed by atoms with Crippen LogP contribution < -0.4 is 0 Å². The van der Waals surface area contributed by atoms with Crippen LogP contribution in [0.25, 0.3) is 22.3 Å². The second kappa shape index (κ2) is 27.0. The molecule has 61 heavy (non-hydrogen) atoms. The lowest BCUT2D eigenvalue weighted by atomic mass is 9.80. The zero-order valence-corrected chi connectivity index (χ0v) is 38.4. The number of rotatable bonds is 17. The summed E-state index contributed by atoms with van der Waals surface area (Å²) in [6, 6.07) is 27.7. The molecule has 0 radical (unpaired) electrons. The molecule has 0 saturated heterocycles. The van der Waals surface area contributed by atoms with Crippen LogP contribution in [0.5, 0.6) is 0 Å². The van der Waals surface area contributed by atoms with E-state index in [0.29, 0.717) is 11.8 Å². The van der Waals surface area contributed by atoms with Gasteiger partial charge in [0.15, 0.2) is 0 Å². The van der Waals surface area contributed by atoms with Crippen LogP contribution in [0.1, 0.15) is 185 Å². The molecule has 2 aliphatic carbocycles. The largest absolute Gasteiger partial charge is 0.207 e. The molecule has 0 atom stereocenters. The first-order chi connectivity index (χ1) is 29.9. The summed E-state index contributed by atoms with van der Waals surface area (Å²) in [6.45, 7) is 8.72. The van der Waals surface area contributed by atoms with Gasteiger partial charge in [-0.05, 0) is 146 Å². The Balaban J connectivity index is 0.000000231. The molecule has 0 aromatic heterocycles. The number of unbranched alkanes of at least 4 members (excludes halogenated alkanes) is 7. The molecule has 0 heterocycles. The summed E-state index contributed by atoms with van der Waals surface area (Å²) < 4.78 is 28.5. The van der Waals surface area contributed by atoms with Gasteiger partial charge >= 0.3 is 0 Å². The molecule has 2 heteroatoms. The monoisotopic (exact) mass is 823 g/mol. The molecule has 0 N–H and O–H groups in total. The maximum atomic E-state index is 14.3. The average Bonchev–Trinajstić information content (AvgIpc) is 3.29. The van der Waals surface area contributed by atoms with Crippen molar-refractivity contribution in [1.29, 1.82) is 0 Å². The molecule has 0 nitrogen and oxygen atoms in total. The first kappa shape index (κ1) is 47.9. The predicted molar refractivity (Wildman–Crippen MR) is 258 cm³/mol. The summed E-state index contributed by atoms with van der Waals surface area (Å²) in [6.07, 6.45) is 29.3. The predicted octanol–water partition coefficient (Wildman–Crippen LogP) is 17.5. The maximum absolute atomic E-state index is 14.3. The van der Waals surface area contributed by atoms with E-state index in [1.54, 1.807) is 12.1 Å². The fraction of sp³-hybridized carbons (Fsp3) is 0.525. The molecule has 0 bridgehead atoms. The Kier molecular flexibility index (Phi) is 21.2. The van der Waals surface area contributed by atoms with E-state index in [4.69, 9.17) is 0 Å². The van der Waals surface area contributed by atoms with Crippen LogP contribution in [0.15, 0.2) is 84.9 Å². The Labute approximate surface area is 371 Å². The van der Waals surface area contributed by atoms with Crippen LogP contribution in [-0.4, -0.2) is 0 Å². The summed E-state index contributed by atoms with van der Waals surface area (Å²) >= 11 is 0. The van der Waals surface area contributed by atoms with Crippen molar-refractivity contribution in [3.05, 3.63) is 119 Å². The van der Waals surface area contributed by atoms with Crippen molar-refractivity contribution in [2.24, 2.45) is 23.7 Å². The lowest BCUT2D eigenvalue weighted by Crippen LogP contribution is -2.13. The fourth-order valence-corrected chi connectivity index (χ4v) is 9.35. The summed E-state index contributed by atoms with van der Waals surface area (Å²) in [5, 5.41) is 0. The van der Waals surface area contributed by atoms with Gasteiger partial charge in [-0.2, -0.15) is 0 Å². The number of hydrogen-bond acceptors (Lipinski definition) is 0. The van der Waals surface area contributed by atoms with Gasteiger partial charge in [-0.25, -0.2) is 8.78 Å². The molecule has 2 aliphatic rings. The fourth-order valence-electron chi connectivity index (χ4n) is 9.35. The highest BCUT2D eigenvalue weighted by Gasteiger charge is 2.20. The second-order valence-electron chi connectivity index (χ2n) is 18.3. The third-order valence-corrected chi connectivity index (χ3v) is 13.3. The highest BCUT2D eigenvalue weighted by Crippen LogP contribution is 2.33. The van der Waals surface area contributed by atoms with Crippen molar-refractivity contribution in [2.75, 3.05) is 0 Å². The Morgan fingerprint density at radius 1 is 0.410 bits per heavy atom. The van der Waals surface area contributed by atoms with E-state index in [1.807, 2.05) is 24.3 Å². The summed E-state index contributed by atoms with van der Waals surface area (Å²) in [5.74, 6) is 16.6. The Morgan fingerprint density at radius 3 is 1.13 bits per heavy atom. The topological polar surface area (TPSA) is 0 Å². The molecular weight excluding hydrogens is 747 g/mol. The Bertz CT molecular complexity index is 1970. The van der Waals surface area contributed by atoms with Gasteiger partial charge in [0.25, 0.3) is 0 Å². The van der Waals surface area contributed by atoms with Crippen LogP contribution in [0, 0.1) is 59.0 Å². The van der Waals surface area contributed by atoms with Gasteiger partial charge < -0.3 is 0 Å². The van der Waals surface area contributed by atoms with Crippen molar-refractivity contribution >= 4 is 0 Å². The van der Waals surface area contributed by atoms with E-state index in [-0.39, 0.29) is 11.6 Å². The minimum absolute atomic E-state index is 0.0974. The van der Waals surface area contributed by atoms with E-state index in [9.17, 15) is 8.78 Å². The minimum Gasteiger partial charge on any atom is -0.207 e. The average molecular weight is 823 g/mol. The van der Waals surface area contributed by atoms with Gasteiger partial charge in [0.2, 0.25) is 0 Å². The molecule has 2 saturated carbocycles. The standard InChI is InChI=1S/C30H39F.C29H37F/c1-3-5-6-7-8-10-24-11-13-25(14-12-24)15-16-26-17-19-27(20-18-26)29-22-21-28(9-4-2)30(31)23-29;1-3-5-6-7-9-23-10-12-24(13-11-23)14-15-25-16-18-26(19-17-25)28-21-20-27(8-4-2)29(30)22-28/h17-25H,3-14H2,1-2H3;16-24H,3-13H2,1-2H3/t24-,25-;23-,24-. The molecule has 0 spiro atoms. The summed E-state index contributed by atoms with van der Waals surface area (Å²) in [7, 11) is 0. The molecule has 0 amide bonds. The van der Waals surface area contributed by atoms with E-state index in [1.165, 1.54) is 122 Å². The van der Waals surface area contributed by atoms with Gasteiger partial charge in [0.05, 0.1) is 0 Å². The van der Waals surface area contributed by atoms with Gasteiger partial charge in [0, 0.05) is 23.0 Å². The molecule has 4 aromatic carbocycles. The SMILES string of the molecule is CCCCCCC[C@H]1CC[C@H](C#Cc2ccc(-c3ccc(CCC)c(F)c3)cc2)CC1.CCCCCC[C@H]1CC[C@H](C#Cc2ccc(-c3ccc(CCC)c(F)c3)cc2)CC1. The van der Waals surface area contributed by atoms with Gasteiger partial charge in [-0.1, -0.05) is 183 Å². The zero-order chi connectivity index (χ0) is 43.1. The maximum Gasteiger partial charge on any atom is 0.127 e. The second-order valence-corrected chi connectivity index (χ2v) is 18.3. The number of aryl methyl sites for hydroxylation is 2. The van der Waals surface area contributed by atoms with Crippen LogP contribution in [0.4, 0.5) is 8.78 Å². The highest BCUT2D eigenvalue weighted by molar-refractivity contribution is 5.66. The lowest BCUT2D eigenvalue weighted by molar-refractivity contribution is 0.294. The number of halogens is 2. The number of benzene rings is 4. The van der Waals surface area contributed by atoms with Crippen LogP contribution >= 0.6 is 0 Å². The van der Waals surface area contributed by atoms with Crippen LogP contribution in [0.2, 0.25) is 0 Å². The third kappa shape index (κ3) is 16.6. The smallest absolute Gasteiger partial charge is 0.127 e. The minimum atomic E-state index is -0.0980. The normalized spacial score (nSPS) is 18.5. The lowest BCUT2D eigenvalue weighted by Gasteiger charge is -2.25. The first-order valence-corrected chi connectivity index (χ1v) is 24.7. The van der Waals surface area contributed by atoms with E-state index < -0.39 is 0 Å². The van der Waals surface area contributed by atoms with Crippen molar-refractivity contribution < 1.29 is 8.78 Å². The van der Waals surface area contributed by atoms with Crippen LogP contribution in [0.3, 0.4) is 0 Å². The first-order valence-electron chi connectivity index (χ1n) is 24.7. The molecule has 0 unspecified atom stereocenters. The Hall–Kier alpha value is -4.14. The third-order valence-electron chi connectivity index (χ3n) is 13.3. The van der Waals surface area contributed by atoms with Crippen molar-refractivity contribution in [3.8, 4) is 45.9 Å². The van der Waals surface area contributed by atoms with Crippen molar-refractivity contribution in [2.45, 2.75) is 175 Å². The quantitative estimate of drug-likeness (QED) is 0.0735. The van der Waals surface area contributed by atoms with E-state index >= 15 is 0 Å². The molecule has 2 fully saturated rings. The Morgan fingerprint density at radius 2 is 0.770 bits per heavy atom. The molecule has 326 valence electrons. The molecule has 4 aromatic rings. The summed E-state index contributed by atoms with van der Waals surface area (Å²) in [4.78, 5) is 0. The summed E-state index contributed by atoms with van der Waals surface area (Å²) in [5.41, 5.74) is 7.69. The van der Waals surface area contributed by atoms with Gasteiger partial charge in [-0.3, -0.25) is 0 Å². The highest BCUT2D eigenvalue weighted by atomic mass is 19.1.